The Morgan fingerprint density at radius 2 is 1.52 bits per heavy atom. The van der Waals surface area contributed by atoms with Crippen molar-refractivity contribution in [2.75, 3.05) is 50.8 Å². The number of H-pyrrole nitrogens is 2. The van der Waals surface area contributed by atoms with Gasteiger partial charge in [-0.25, -0.2) is 9.97 Å². The van der Waals surface area contributed by atoms with E-state index in [0.29, 0.717) is 24.4 Å². The molecule has 44 heavy (non-hydrogen) atoms. The molecule has 0 amide bonds. The normalized spacial score (nSPS) is 14.5. The Bertz CT molecular complexity index is 1670. The van der Waals surface area contributed by atoms with E-state index in [1.165, 1.54) is 19.3 Å². The van der Waals surface area contributed by atoms with E-state index >= 15 is 0 Å². The first-order valence-electron chi connectivity index (χ1n) is 15.3. The molecule has 232 valence electrons. The minimum atomic E-state index is -4.54. The summed E-state index contributed by atoms with van der Waals surface area (Å²) in [6.07, 6.45) is 0.187. The van der Waals surface area contributed by atoms with E-state index in [1.54, 1.807) is 18.2 Å². The minimum absolute atomic E-state index is 0.193. The molecule has 1 aliphatic rings. The largest absolute Gasteiger partial charge is 0.494 e. The lowest BCUT2D eigenvalue weighted by Crippen LogP contribution is -2.47. The molecule has 0 radical (unpaired) electrons. The van der Waals surface area contributed by atoms with Gasteiger partial charge >= 0.3 is 6.18 Å². The second kappa shape index (κ2) is 13.2. The van der Waals surface area contributed by atoms with Crippen LogP contribution in [0, 0.1) is 0 Å². The van der Waals surface area contributed by atoms with Gasteiger partial charge in [0.15, 0.2) is 0 Å². The van der Waals surface area contributed by atoms with Crippen molar-refractivity contribution in [2.45, 2.75) is 38.8 Å². The number of alkyl halides is 3. The Morgan fingerprint density at radius 1 is 0.773 bits per heavy atom. The Hall–Kier alpha value is -4.25. The topological polar surface area (TPSA) is 82.3 Å². The summed E-state index contributed by atoms with van der Waals surface area (Å²) in [5.41, 5.74) is 4.54. The van der Waals surface area contributed by atoms with E-state index < -0.39 is 12.0 Å². The van der Waals surface area contributed by atoms with Crippen molar-refractivity contribution in [3.8, 4) is 22.9 Å². The van der Waals surface area contributed by atoms with Gasteiger partial charge in [-0.15, -0.1) is 0 Å². The highest BCUT2D eigenvalue weighted by atomic mass is 19.4. The monoisotopic (exact) mass is 606 g/mol. The quantitative estimate of drug-likeness (QED) is 0.145. The van der Waals surface area contributed by atoms with Crippen LogP contribution in [0.2, 0.25) is 0 Å². The SMILES string of the molecule is CCCCCCOc1ccc(-c2nc3c(N4CCN(CCOc5cccc6[nH]c(C(F)(F)F)nc56)CC4)cccc3[nH]2)cc1. The van der Waals surface area contributed by atoms with Gasteiger partial charge in [0.2, 0.25) is 5.82 Å². The van der Waals surface area contributed by atoms with Crippen molar-refractivity contribution >= 4 is 27.8 Å². The van der Waals surface area contributed by atoms with E-state index in [1.807, 2.05) is 30.3 Å². The molecule has 0 aliphatic carbocycles. The van der Waals surface area contributed by atoms with Gasteiger partial charge in [0.25, 0.3) is 0 Å². The Balaban J connectivity index is 1.03. The number of hydrogen-bond donors (Lipinski definition) is 2. The number of piperazine rings is 1. The van der Waals surface area contributed by atoms with Crippen LogP contribution in [0.1, 0.15) is 38.4 Å². The molecular weight excluding hydrogens is 569 g/mol. The van der Waals surface area contributed by atoms with E-state index in [2.05, 4.69) is 43.8 Å². The Kier molecular flexibility index (Phi) is 8.92. The molecule has 0 atom stereocenters. The molecule has 5 aromatic rings. The number of para-hydroxylation sites is 2. The van der Waals surface area contributed by atoms with E-state index in [4.69, 9.17) is 14.5 Å². The van der Waals surface area contributed by atoms with Gasteiger partial charge in [-0.1, -0.05) is 38.3 Å². The fourth-order valence-electron chi connectivity index (χ4n) is 5.59. The Morgan fingerprint density at radius 3 is 2.27 bits per heavy atom. The van der Waals surface area contributed by atoms with E-state index in [-0.39, 0.29) is 5.52 Å². The molecule has 2 aromatic heterocycles. The summed E-state index contributed by atoms with van der Waals surface area (Å²) in [6, 6.07) is 19.2. The molecule has 8 nitrogen and oxygen atoms in total. The van der Waals surface area contributed by atoms with Crippen molar-refractivity contribution < 1.29 is 22.6 Å². The molecule has 0 unspecified atom stereocenters. The number of ether oxygens (including phenoxy) is 2. The summed E-state index contributed by atoms with van der Waals surface area (Å²) in [4.78, 5) is 19.2. The van der Waals surface area contributed by atoms with Crippen LogP contribution in [-0.2, 0) is 6.18 Å². The molecule has 3 aromatic carbocycles. The molecule has 0 spiro atoms. The number of benzene rings is 3. The first-order valence-corrected chi connectivity index (χ1v) is 15.3. The van der Waals surface area contributed by atoms with Crippen LogP contribution in [0.4, 0.5) is 18.9 Å². The summed E-state index contributed by atoms with van der Waals surface area (Å²) in [6.45, 7) is 7.29. The van der Waals surface area contributed by atoms with Gasteiger partial charge in [-0.3, -0.25) is 4.90 Å². The van der Waals surface area contributed by atoms with Crippen LogP contribution in [0.5, 0.6) is 11.5 Å². The number of rotatable bonds is 12. The molecule has 1 saturated heterocycles. The van der Waals surface area contributed by atoms with Crippen molar-refractivity contribution in [1.82, 2.24) is 24.8 Å². The number of hydrogen-bond acceptors (Lipinski definition) is 6. The van der Waals surface area contributed by atoms with Crippen molar-refractivity contribution in [3.63, 3.8) is 0 Å². The average molecular weight is 607 g/mol. The highest BCUT2D eigenvalue weighted by molar-refractivity contribution is 5.91. The van der Waals surface area contributed by atoms with Crippen molar-refractivity contribution in [2.24, 2.45) is 0 Å². The van der Waals surface area contributed by atoms with Crippen LogP contribution in [-0.4, -0.2) is 70.8 Å². The maximum Gasteiger partial charge on any atom is 0.449 e. The second-order valence-corrected chi connectivity index (χ2v) is 11.1. The summed E-state index contributed by atoms with van der Waals surface area (Å²) < 4.78 is 51.0. The molecule has 3 heterocycles. The highest BCUT2D eigenvalue weighted by Gasteiger charge is 2.35. The zero-order valence-electron chi connectivity index (χ0n) is 24.8. The predicted molar refractivity (Wildman–Crippen MR) is 166 cm³/mol. The highest BCUT2D eigenvalue weighted by Crippen LogP contribution is 2.32. The van der Waals surface area contributed by atoms with Crippen LogP contribution in [0.3, 0.4) is 0 Å². The molecule has 0 bridgehead atoms. The van der Waals surface area contributed by atoms with Gasteiger partial charge in [0, 0.05) is 38.3 Å². The van der Waals surface area contributed by atoms with Crippen LogP contribution < -0.4 is 14.4 Å². The third-order valence-corrected chi connectivity index (χ3v) is 8.01. The molecular formula is C33H37F3N6O2. The fraction of sp³-hybridized carbons (Fsp3) is 0.394. The van der Waals surface area contributed by atoms with Crippen molar-refractivity contribution in [3.05, 3.63) is 66.5 Å². The number of aromatic nitrogens is 4. The van der Waals surface area contributed by atoms with Gasteiger partial charge < -0.3 is 24.3 Å². The maximum absolute atomic E-state index is 13.1. The van der Waals surface area contributed by atoms with Gasteiger partial charge in [0.1, 0.15) is 35.0 Å². The Labute approximate surface area is 254 Å². The smallest absolute Gasteiger partial charge is 0.449 e. The summed E-state index contributed by atoms with van der Waals surface area (Å²) in [5.74, 6) is 1.03. The number of halogens is 3. The lowest BCUT2D eigenvalue weighted by molar-refractivity contribution is -0.144. The summed E-state index contributed by atoms with van der Waals surface area (Å²) in [5, 5.41) is 0. The molecule has 0 saturated carbocycles. The molecule has 1 fully saturated rings. The van der Waals surface area contributed by atoms with Crippen LogP contribution in [0.15, 0.2) is 60.7 Å². The number of nitrogens with one attached hydrogen (secondary N) is 2. The standard InChI is InChI=1S/C33H37F3N6O2/c1-2-3-4-5-21-43-24-14-12-23(13-15-24)31-37-25-8-6-10-27(29(25)39-31)42-18-16-41(17-19-42)20-22-44-28-11-7-9-26-30(28)40-32(38-26)33(34,35)36/h6-15H,2-5,16-22H2,1H3,(H,37,39)(H,38,40). The third kappa shape index (κ3) is 6.77. The molecule has 6 rings (SSSR count). The third-order valence-electron chi connectivity index (χ3n) is 8.01. The summed E-state index contributed by atoms with van der Waals surface area (Å²) >= 11 is 0. The fourth-order valence-corrected chi connectivity index (χ4v) is 5.59. The first-order chi connectivity index (χ1) is 21.4. The number of nitrogens with zero attached hydrogens (tertiary/aromatic N) is 4. The van der Waals surface area contributed by atoms with Crippen LogP contribution >= 0.6 is 0 Å². The number of fused-ring (bicyclic) bond motifs is 2. The number of anilines is 1. The molecule has 11 heteroatoms. The average Bonchev–Trinajstić information content (AvgIpc) is 3.67. The number of imidazole rings is 2. The van der Waals surface area contributed by atoms with Crippen LogP contribution in [0.25, 0.3) is 33.5 Å². The van der Waals surface area contributed by atoms with E-state index in [0.717, 1.165) is 73.1 Å². The number of aromatic amines is 2. The zero-order chi connectivity index (χ0) is 30.5. The lowest BCUT2D eigenvalue weighted by atomic mass is 10.2. The summed E-state index contributed by atoms with van der Waals surface area (Å²) in [7, 11) is 0. The molecule has 2 N–H and O–H groups in total. The minimum Gasteiger partial charge on any atom is -0.494 e. The van der Waals surface area contributed by atoms with Crippen molar-refractivity contribution in [1.29, 1.82) is 0 Å². The lowest BCUT2D eigenvalue weighted by Gasteiger charge is -2.36. The van der Waals surface area contributed by atoms with Gasteiger partial charge in [-0.05, 0) is 55.0 Å². The first kappa shape index (κ1) is 29.8. The number of unbranched alkanes of at least 4 members (excludes halogenated alkanes) is 3. The predicted octanol–water partition coefficient (Wildman–Crippen LogP) is 7.29. The van der Waals surface area contributed by atoms with E-state index in [9.17, 15) is 13.2 Å². The van der Waals surface area contributed by atoms with Gasteiger partial charge in [0.05, 0.1) is 23.3 Å². The second-order valence-electron chi connectivity index (χ2n) is 11.1. The maximum atomic E-state index is 13.1. The van der Waals surface area contributed by atoms with Gasteiger partial charge in [-0.2, -0.15) is 13.2 Å². The zero-order valence-corrected chi connectivity index (χ0v) is 24.8. The molecule has 1 aliphatic heterocycles.